The van der Waals surface area contributed by atoms with Gasteiger partial charge in [0, 0.05) is 36.0 Å². The summed E-state index contributed by atoms with van der Waals surface area (Å²) in [4.78, 5) is 48.8. The second kappa shape index (κ2) is 8.39. The number of aromatic nitrogens is 1. The van der Waals surface area contributed by atoms with Crippen LogP contribution in [0, 0.1) is 11.8 Å². The predicted molar refractivity (Wildman–Crippen MR) is 146 cm³/mol. The highest BCUT2D eigenvalue weighted by Crippen LogP contribution is 2.46. The maximum Gasteiger partial charge on any atom is 0.281 e. The van der Waals surface area contributed by atoms with Gasteiger partial charge in [-0.05, 0) is 65.0 Å². The molecule has 10 nitrogen and oxygen atoms in total. The number of hydrogen-bond donors (Lipinski definition) is 3. The van der Waals surface area contributed by atoms with Crippen LogP contribution >= 0.6 is 15.9 Å². The van der Waals surface area contributed by atoms with Gasteiger partial charge in [-0.15, -0.1) is 0 Å². The third kappa shape index (κ3) is 3.33. The number of amides is 3. The van der Waals surface area contributed by atoms with Gasteiger partial charge in [0.2, 0.25) is 17.5 Å². The van der Waals surface area contributed by atoms with Gasteiger partial charge in [0.1, 0.15) is 12.6 Å². The summed E-state index contributed by atoms with van der Waals surface area (Å²) in [6.07, 6.45) is 4.09. The summed E-state index contributed by atoms with van der Waals surface area (Å²) in [5.41, 5.74) is 2.70. The van der Waals surface area contributed by atoms with E-state index in [4.69, 9.17) is 4.74 Å². The number of H-pyrrole nitrogens is 1. The number of halogens is 1. The average Bonchev–Trinajstić information content (AvgIpc) is 3.57. The first kappa shape index (κ1) is 25.3. The fourth-order valence-electron chi connectivity index (χ4n) is 7.32. The lowest BCUT2D eigenvalue weighted by Gasteiger charge is -2.44. The number of aromatic amines is 1. The molecule has 1 aliphatic carbocycles. The van der Waals surface area contributed by atoms with E-state index in [-0.39, 0.29) is 24.4 Å². The Balaban J connectivity index is 1.23. The highest BCUT2D eigenvalue weighted by Gasteiger charge is 2.69. The summed E-state index contributed by atoms with van der Waals surface area (Å²) in [7, 11) is 2.02. The van der Waals surface area contributed by atoms with Gasteiger partial charge in [-0.25, -0.2) is 0 Å². The van der Waals surface area contributed by atoms with Crippen molar-refractivity contribution >= 4 is 50.1 Å². The van der Waals surface area contributed by atoms with Crippen molar-refractivity contribution in [3.8, 4) is 0 Å². The number of carbonyl (C=O) groups excluding carboxylic acids is 3. The van der Waals surface area contributed by atoms with E-state index >= 15 is 0 Å². The molecule has 7 rings (SSSR count). The number of likely N-dealkylation sites (N-methyl/N-ethyl adjacent to an activating group) is 1. The molecule has 0 bridgehead atoms. The first-order chi connectivity index (χ1) is 18.5. The van der Waals surface area contributed by atoms with E-state index < -0.39 is 35.4 Å². The smallest absolute Gasteiger partial charge is 0.281 e. The standard InChI is InChI=1S/C28H32BrN5O5/c1-14(2)27(26(37)34-13-22(35)33-9-5-8-21(33)28(34,38)39-27)31-25(36)15-10-17-16-6-4-7-19-23(16)18(24(29)30-19)11-20(17)32(3)12-15/h4,6-7,10,14-15,20-21,30,38H,5,8-9,11-13H2,1-3H3,(H,31,36)/t15?,20?,21?,27-,28+/m1/s1. The molecule has 2 aromatic rings. The number of rotatable bonds is 3. The molecule has 5 atom stereocenters. The molecule has 39 heavy (non-hydrogen) atoms. The largest absolute Gasteiger partial charge is 0.349 e. The summed E-state index contributed by atoms with van der Waals surface area (Å²) < 4.78 is 7.22. The first-order valence-corrected chi connectivity index (χ1v) is 14.4. The molecule has 206 valence electrons. The van der Waals surface area contributed by atoms with Crippen molar-refractivity contribution in [3.63, 3.8) is 0 Å². The van der Waals surface area contributed by atoms with Gasteiger partial charge < -0.3 is 20.3 Å². The molecule has 0 spiro atoms. The van der Waals surface area contributed by atoms with Crippen LogP contribution in [-0.4, -0.2) is 92.9 Å². The number of carbonyl (C=O) groups is 3. The number of nitrogens with one attached hydrogen (secondary N) is 2. The molecule has 5 aliphatic rings. The van der Waals surface area contributed by atoms with Gasteiger partial charge >= 0.3 is 0 Å². The van der Waals surface area contributed by atoms with Gasteiger partial charge in [0.15, 0.2) is 0 Å². The van der Waals surface area contributed by atoms with E-state index in [0.29, 0.717) is 19.5 Å². The summed E-state index contributed by atoms with van der Waals surface area (Å²) in [6.45, 7) is 4.28. The Bertz CT molecular complexity index is 1470. The van der Waals surface area contributed by atoms with Crippen LogP contribution in [0.25, 0.3) is 16.5 Å². The highest BCUT2D eigenvalue weighted by atomic mass is 79.9. The quantitative estimate of drug-likeness (QED) is 0.496. The zero-order valence-corrected chi connectivity index (χ0v) is 23.7. The Morgan fingerprint density at radius 1 is 1.31 bits per heavy atom. The van der Waals surface area contributed by atoms with Gasteiger partial charge in [-0.1, -0.05) is 32.1 Å². The lowest BCUT2D eigenvalue weighted by molar-refractivity contribution is -0.314. The van der Waals surface area contributed by atoms with Gasteiger partial charge in [0.05, 0.1) is 10.5 Å². The van der Waals surface area contributed by atoms with E-state index in [0.717, 1.165) is 39.0 Å². The number of hydrogen-bond acceptors (Lipinski definition) is 6. The molecule has 0 radical (unpaired) electrons. The normalized spacial score (nSPS) is 33.9. The molecule has 4 aliphatic heterocycles. The van der Waals surface area contributed by atoms with Crippen LogP contribution in [0.5, 0.6) is 0 Å². The maximum atomic E-state index is 13.9. The molecular formula is C28H32BrN5O5. The van der Waals surface area contributed by atoms with Gasteiger partial charge in [-0.3, -0.25) is 28.9 Å². The molecule has 3 amide bonds. The molecule has 3 fully saturated rings. The maximum absolute atomic E-state index is 13.9. The first-order valence-electron chi connectivity index (χ1n) is 13.6. The summed E-state index contributed by atoms with van der Waals surface area (Å²) in [5.74, 6) is -4.13. The Kier molecular flexibility index (Phi) is 5.43. The average molecular weight is 598 g/mol. The minimum Gasteiger partial charge on any atom is -0.349 e. The summed E-state index contributed by atoms with van der Waals surface area (Å²) in [5, 5.41) is 15.8. The van der Waals surface area contributed by atoms with Crippen molar-refractivity contribution in [2.24, 2.45) is 11.8 Å². The van der Waals surface area contributed by atoms with E-state index in [1.54, 1.807) is 18.7 Å². The van der Waals surface area contributed by atoms with Gasteiger partial charge in [0.25, 0.3) is 11.8 Å². The Labute approximate surface area is 234 Å². The minimum atomic E-state index is -1.97. The lowest BCUT2D eigenvalue weighted by Crippen LogP contribution is -2.67. The number of benzene rings is 1. The van der Waals surface area contributed by atoms with Crippen LogP contribution in [0.3, 0.4) is 0 Å². The zero-order chi connectivity index (χ0) is 27.4. The SMILES string of the molecule is CC(C)[C@@]1(NC(=O)C2C=C3c4cccc5[nH]c(Br)c(c45)CC3N(C)C2)O[C@@]2(O)C3CCCN3C(=O)CN2C1=O. The molecule has 3 saturated heterocycles. The Morgan fingerprint density at radius 3 is 2.87 bits per heavy atom. The Hall–Kier alpha value is -2.73. The third-order valence-corrected chi connectivity index (χ3v) is 10.0. The number of nitrogens with zero attached hydrogens (tertiary/aromatic N) is 3. The third-order valence-electron chi connectivity index (χ3n) is 9.36. The zero-order valence-electron chi connectivity index (χ0n) is 22.2. The molecule has 11 heteroatoms. The van der Waals surface area contributed by atoms with Crippen LogP contribution < -0.4 is 5.32 Å². The van der Waals surface area contributed by atoms with Crippen molar-refractivity contribution in [3.05, 3.63) is 40.0 Å². The molecule has 5 heterocycles. The molecule has 1 aromatic heterocycles. The van der Waals surface area contributed by atoms with Crippen molar-refractivity contribution in [2.45, 2.75) is 56.8 Å². The monoisotopic (exact) mass is 597 g/mol. The highest BCUT2D eigenvalue weighted by molar-refractivity contribution is 9.10. The molecule has 1 aromatic carbocycles. The van der Waals surface area contributed by atoms with Crippen molar-refractivity contribution in [2.75, 3.05) is 26.7 Å². The second-order valence-electron chi connectivity index (χ2n) is 11.8. The van der Waals surface area contributed by atoms with Crippen LogP contribution in [-0.2, 0) is 25.5 Å². The van der Waals surface area contributed by atoms with Crippen molar-refractivity contribution in [1.82, 2.24) is 25.0 Å². The van der Waals surface area contributed by atoms with Gasteiger partial charge in [-0.2, -0.15) is 0 Å². The van der Waals surface area contributed by atoms with Crippen molar-refractivity contribution in [1.29, 1.82) is 0 Å². The predicted octanol–water partition coefficient (Wildman–Crippen LogP) is 1.78. The molecule has 3 unspecified atom stereocenters. The lowest BCUT2D eigenvalue weighted by atomic mass is 9.79. The van der Waals surface area contributed by atoms with Crippen molar-refractivity contribution < 1.29 is 24.2 Å². The van der Waals surface area contributed by atoms with Crippen LogP contribution in [0.2, 0.25) is 0 Å². The summed E-state index contributed by atoms with van der Waals surface area (Å²) in [6, 6.07) is 5.63. The van der Waals surface area contributed by atoms with E-state index in [9.17, 15) is 19.5 Å². The number of aliphatic hydroxyl groups is 1. The number of piperazine rings is 1. The minimum absolute atomic E-state index is 0.122. The van der Waals surface area contributed by atoms with Crippen LogP contribution in [0.4, 0.5) is 0 Å². The fraction of sp³-hybridized carbons (Fsp3) is 0.536. The number of fused-ring (bicyclic) bond motifs is 5. The van der Waals surface area contributed by atoms with E-state index in [1.807, 2.05) is 19.2 Å². The van der Waals surface area contributed by atoms with Crippen LogP contribution in [0.15, 0.2) is 28.9 Å². The summed E-state index contributed by atoms with van der Waals surface area (Å²) >= 11 is 3.68. The second-order valence-corrected chi connectivity index (χ2v) is 12.6. The topological polar surface area (TPSA) is 118 Å². The Morgan fingerprint density at radius 2 is 2.10 bits per heavy atom. The van der Waals surface area contributed by atoms with E-state index in [1.165, 1.54) is 10.9 Å². The molecule has 3 N–H and O–H groups in total. The number of ether oxygens (including phenoxy) is 1. The van der Waals surface area contributed by atoms with Crippen LogP contribution in [0.1, 0.15) is 37.8 Å². The fourth-order valence-corrected chi connectivity index (χ4v) is 7.89. The molecule has 0 saturated carbocycles. The van der Waals surface area contributed by atoms with E-state index in [2.05, 4.69) is 43.3 Å². The molecular weight excluding hydrogens is 566 g/mol.